The molecule has 5 heteroatoms. The van der Waals surface area contributed by atoms with Crippen molar-refractivity contribution in [3.8, 4) is 5.75 Å². The van der Waals surface area contributed by atoms with Crippen LogP contribution in [0.2, 0.25) is 5.02 Å². The lowest BCUT2D eigenvalue weighted by Crippen LogP contribution is -2.40. The Morgan fingerprint density at radius 2 is 1.95 bits per heavy atom. The summed E-state index contributed by atoms with van der Waals surface area (Å²) in [7, 11) is 1.62. The largest absolute Gasteiger partial charge is 0.598 e. The Kier molecular flexibility index (Phi) is 5.56. The van der Waals surface area contributed by atoms with E-state index in [4.69, 9.17) is 16.3 Å². The van der Waals surface area contributed by atoms with E-state index in [0.29, 0.717) is 5.02 Å². The monoisotopic (exact) mass is 303 g/mol. The average Bonchev–Trinajstić information content (AvgIpc) is 2.30. The fraction of sp³-hybridized carbons (Fsp3) is 0.571. The molecule has 0 amide bonds. The fourth-order valence-corrected chi connectivity index (χ4v) is 2.76. The molecule has 0 spiro atoms. The van der Waals surface area contributed by atoms with Gasteiger partial charge in [0, 0.05) is 16.4 Å². The van der Waals surface area contributed by atoms with Gasteiger partial charge in [-0.05, 0) is 57.9 Å². The minimum Gasteiger partial charge on any atom is -0.598 e. The second kappa shape index (κ2) is 6.35. The molecule has 19 heavy (non-hydrogen) atoms. The normalized spacial score (nSPS) is 15.2. The quantitative estimate of drug-likeness (QED) is 0.861. The van der Waals surface area contributed by atoms with E-state index < -0.39 is 11.4 Å². The van der Waals surface area contributed by atoms with Crippen LogP contribution in [-0.2, 0) is 11.4 Å². The predicted octanol–water partition coefficient (Wildman–Crippen LogP) is 3.77. The summed E-state index contributed by atoms with van der Waals surface area (Å²) in [6.45, 7) is 9.72. The van der Waals surface area contributed by atoms with E-state index in [0.717, 1.165) is 16.9 Å². The second-order valence-corrected chi connectivity index (χ2v) is 7.97. The summed E-state index contributed by atoms with van der Waals surface area (Å²) in [6.07, 6.45) is 0. The number of benzene rings is 1. The van der Waals surface area contributed by atoms with Gasteiger partial charge in [-0.15, -0.1) is 4.72 Å². The lowest BCUT2D eigenvalue weighted by atomic mass is 10.1. The number of aryl methyl sites for hydroxylation is 1. The Bertz CT molecular complexity index is 446. The maximum absolute atomic E-state index is 12.1. The van der Waals surface area contributed by atoms with Crippen molar-refractivity contribution in [3.05, 3.63) is 28.3 Å². The van der Waals surface area contributed by atoms with Gasteiger partial charge in [-0.25, -0.2) is 0 Å². The summed E-state index contributed by atoms with van der Waals surface area (Å²) < 4.78 is 20.1. The van der Waals surface area contributed by atoms with Gasteiger partial charge in [0.25, 0.3) is 0 Å². The zero-order valence-corrected chi connectivity index (χ0v) is 13.9. The third-order valence-corrected chi connectivity index (χ3v) is 4.83. The molecule has 0 fully saturated rings. The van der Waals surface area contributed by atoms with Crippen LogP contribution in [-0.4, -0.2) is 16.4 Å². The Labute approximate surface area is 124 Å². The summed E-state index contributed by atoms with van der Waals surface area (Å²) in [5.74, 6) is 0.762. The first kappa shape index (κ1) is 16.6. The van der Waals surface area contributed by atoms with Gasteiger partial charge in [0.05, 0.1) is 13.2 Å². The Morgan fingerprint density at radius 1 is 1.37 bits per heavy atom. The van der Waals surface area contributed by atoms with E-state index in [2.05, 4.69) is 4.72 Å². The van der Waals surface area contributed by atoms with E-state index >= 15 is 0 Å². The molecule has 3 nitrogen and oxygen atoms in total. The molecular formula is C14H22ClNO2S. The van der Waals surface area contributed by atoms with Crippen molar-refractivity contribution in [2.45, 2.75) is 45.4 Å². The minimum atomic E-state index is -1.13. The van der Waals surface area contributed by atoms with Gasteiger partial charge in [0.1, 0.15) is 10.5 Å². The van der Waals surface area contributed by atoms with Crippen LogP contribution in [0, 0.1) is 6.92 Å². The van der Waals surface area contributed by atoms with Crippen molar-refractivity contribution in [2.75, 3.05) is 7.11 Å². The number of halogens is 1. The molecule has 0 radical (unpaired) electrons. The van der Waals surface area contributed by atoms with E-state index in [1.807, 2.05) is 40.7 Å². The molecule has 2 atom stereocenters. The Balaban J connectivity index is 2.94. The van der Waals surface area contributed by atoms with Crippen LogP contribution in [0.5, 0.6) is 5.75 Å². The predicted molar refractivity (Wildman–Crippen MR) is 82.2 cm³/mol. The molecular weight excluding hydrogens is 282 g/mol. The highest BCUT2D eigenvalue weighted by atomic mass is 35.5. The van der Waals surface area contributed by atoms with Crippen molar-refractivity contribution in [2.24, 2.45) is 0 Å². The van der Waals surface area contributed by atoms with Crippen molar-refractivity contribution in [1.29, 1.82) is 0 Å². The third-order valence-electron chi connectivity index (χ3n) is 2.82. The molecule has 0 aliphatic rings. The summed E-state index contributed by atoms with van der Waals surface area (Å²) in [4.78, 5) is 0. The van der Waals surface area contributed by atoms with Crippen molar-refractivity contribution < 1.29 is 9.29 Å². The highest BCUT2D eigenvalue weighted by molar-refractivity contribution is 7.90. The standard InChI is InChI=1S/C14H22ClNO2S/c1-9-7-11(12(15)8-13(9)18-6)10(2)16-19(17)14(3,4)5/h7-8,10,16H,1-6H3/t10-,19?/m0/s1. The van der Waals surface area contributed by atoms with Crippen molar-refractivity contribution >= 4 is 23.0 Å². The number of hydrogen-bond acceptors (Lipinski definition) is 3. The molecule has 0 heterocycles. The van der Waals surface area contributed by atoms with Crippen LogP contribution in [0.3, 0.4) is 0 Å². The molecule has 1 aromatic rings. The first-order chi connectivity index (χ1) is 8.66. The first-order valence-corrected chi connectivity index (χ1v) is 7.71. The van der Waals surface area contributed by atoms with Gasteiger partial charge in [0.15, 0.2) is 0 Å². The molecule has 1 unspecified atom stereocenters. The zero-order chi connectivity index (χ0) is 14.8. The van der Waals surface area contributed by atoms with E-state index in [1.165, 1.54) is 0 Å². The summed E-state index contributed by atoms with van der Waals surface area (Å²) >= 11 is 5.12. The number of ether oxygens (including phenoxy) is 1. The van der Waals surface area contributed by atoms with Gasteiger partial charge < -0.3 is 9.29 Å². The van der Waals surface area contributed by atoms with Crippen LogP contribution in [0.15, 0.2) is 12.1 Å². The lowest BCUT2D eigenvalue weighted by molar-refractivity contribution is 0.411. The minimum absolute atomic E-state index is 0.0860. The topological polar surface area (TPSA) is 44.3 Å². The molecule has 0 bridgehead atoms. The molecule has 0 saturated heterocycles. The average molecular weight is 304 g/mol. The highest BCUT2D eigenvalue weighted by Crippen LogP contribution is 2.31. The van der Waals surface area contributed by atoms with Crippen LogP contribution < -0.4 is 9.46 Å². The van der Waals surface area contributed by atoms with Crippen molar-refractivity contribution in [3.63, 3.8) is 0 Å². The van der Waals surface area contributed by atoms with Gasteiger partial charge >= 0.3 is 0 Å². The highest BCUT2D eigenvalue weighted by Gasteiger charge is 2.29. The summed E-state index contributed by atoms with van der Waals surface area (Å²) in [6, 6.07) is 3.68. The second-order valence-electron chi connectivity index (χ2n) is 5.56. The van der Waals surface area contributed by atoms with Crippen LogP contribution >= 0.6 is 11.6 Å². The molecule has 1 aromatic carbocycles. The zero-order valence-electron chi connectivity index (χ0n) is 12.3. The summed E-state index contributed by atoms with van der Waals surface area (Å²) in [5.41, 5.74) is 1.94. The van der Waals surface area contributed by atoms with E-state index in [-0.39, 0.29) is 10.8 Å². The molecule has 0 aliphatic carbocycles. The van der Waals surface area contributed by atoms with Crippen LogP contribution in [0.1, 0.15) is 44.9 Å². The first-order valence-electron chi connectivity index (χ1n) is 6.19. The molecule has 1 rings (SSSR count). The van der Waals surface area contributed by atoms with Gasteiger partial charge in [-0.1, -0.05) is 11.6 Å². The molecule has 0 aromatic heterocycles. The molecule has 108 valence electrons. The van der Waals surface area contributed by atoms with E-state index in [1.54, 1.807) is 13.2 Å². The SMILES string of the molecule is COc1cc(Cl)c([C@H](C)N[S+]([O-])C(C)(C)C)cc1C. The Hall–Kier alpha value is -0.420. The van der Waals surface area contributed by atoms with Gasteiger partial charge in [-0.2, -0.15) is 0 Å². The number of hydrogen-bond donors (Lipinski definition) is 1. The maximum Gasteiger partial charge on any atom is 0.136 e. The molecule has 1 N–H and O–H groups in total. The Morgan fingerprint density at radius 3 is 2.42 bits per heavy atom. The number of rotatable bonds is 4. The fourth-order valence-electron chi connectivity index (χ4n) is 1.64. The van der Waals surface area contributed by atoms with Crippen molar-refractivity contribution in [1.82, 2.24) is 4.72 Å². The lowest BCUT2D eigenvalue weighted by Gasteiger charge is -2.27. The number of nitrogens with one attached hydrogen (secondary N) is 1. The molecule has 0 aliphatic heterocycles. The van der Waals surface area contributed by atoms with Gasteiger partial charge in [0.2, 0.25) is 0 Å². The summed E-state index contributed by atoms with van der Waals surface area (Å²) in [5, 5.41) is 0.619. The van der Waals surface area contributed by atoms with Crippen LogP contribution in [0.4, 0.5) is 0 Å². The van der Waals surface area contributed by atoms with Gasteiger partial charge in [-0.3, -0.25) is 0 Å². The maximum atomic E-state index is 12.1. The number of methoxy groups -OCH3 is 1. The van der Waals surface area contributed by atoms with Crippen LogP contribution in [0.25, 0.3) is 0 Å². The smallest absolute Gasteiger partial charge is 0.136 e. The third kappa shape index (κ3) is 4.28. The van der Waals surface area contributed by atoms with E-state index in [9.17, 15) is 4.55 Å². The molecule has 0 saturated carbocycles.